The van der Waals surface area contributed by atoms with Gasteiger partial charge in [-0.15, -0.1) is 0 Å². The van der Waals surface area contributed by atoms with E-state index in [1.807, 2.05) is 6.92 Å². The van der Waals surface area contributed by atoms with Gasteiger partial charge in [0.15, 0.2) is 0 Å². The largest absolute Gasteiger partial charge is 0.462 e. The van der Waals surface area contributed by atoms with Gasteiger partial charge < -0.3 is 15.4 Å². The molecule has 1 fully saturated rings. The molecular formula is C20H22N2O3. The molecule has 25 heavy (non-hydrogen) atoms. The maximum absolute atomic E-state index is 12.3. The van der Waals surface area contributed by atoms with E-state index in [0.717, 1.165) is 18.4 Å². The second kappa shape index (κ2) is 6.97. The first-order valence-electron chi connectivity index (χ1n) is 8.46. The van der Waals surface area contributed by atoms with Crippen LogP contribution in [-0.2, 0) is 10.3 Å². The number of hydrogen-bond donors (Lipinski definition) is 2. The Morgan fingerprint density at radius 1 is 1.04 bits per heavy atom. The second-order valence-corrected chi connectivity index (χ2v) is 6.33. The first-order chi connectivity index (χ1) is 12.0. The predicted octanol–water partition coefficient (Wildman–Crippen LogP) is 3.98. The molecule has 1 aliphatic rings. The van der Waals surface area contributed by atoms with Crippen molar-refractivity contribution in [2.24, 2.45) is 0 Å². The third-order valence-corrected chi connectivity index (χ3v) is 4.36. The van der Waals surface area contributed by atoms with Crippen molar-refractivity contribution in [1.82, 2.24) is 5.32 Å². The minimum absolute atomic E-state index is 0.248. The van der Waals surface area contributed by atoms with Crippen molar-refractivity contribution in [3.05, 3.63) is 65.2 Å². The summed E-state index contributed by atoms with van der Waals surface area (Å²) >= 11 is 0. The van der Waals surface area contributed by atoms with Crippen molar-refractivity contribution >= 4 is 17.7 Å². The standard InChI is InChI=1S/C20H22N2O3/c1-3-25-18(23)15-6-10-17(11-7-15)21-19(24)22-20(12-13-20)16-8-4-14(2)5-9-16/h4-11H,3,12-13H2,1-2H3,(H2,21,22,24). The van der Waals surface area contributed by atoms with Gasteiger partial charge in [-0.3, -0.25) is 0 Å². The molecule has 2 aromatic carbocycles. The normalized spacial score (nSPS) is 14.5. The molecule has 0 saturated heterocycles. The molecule has 0 bridgehead atoms. The highest BCUT2D eigenvalue weighted by atomic mass is 16.5. The Balaban J connectivity index is 1.61. The molecule has 130 valence electrons. The number of ether oxygens (including phenoxy) is 1. The van der Waals surface area contributed by atoms with Gasteiger partial charge in [0, 0.05) is 5.69 Å². The molecule has 0 heterocycles. The highest BCUT2D eigenvalue weighted by Gasteiger charge is 2.45. The van der Waals surface area contributed by atoms with Crippen LogP contribution in [0.15, 0.2) is 48.5 Å². The summed E-state index contributed by atoms with van der Waals surface area (Å²) in [4.78, 5) is 23.9. The summed E-state index contributed by atoms with van der Waals surface area (Å²) in [5.74, 6) is -0.366. The van der Waals surface area contributed by atoms with Crippen LogP contribution in [0.5, 0.6) is 0 Å². The summed E-state index contributed by atoms with van der Waals surface area (Å²) in [6.45, 7) is 4.14. The van der Waals surface area contributed by atoms with Crippen LogP contribution in [0.2, 0.25) is 0 Å². The average molecular weight is 338 g/mol. The smallest absolute Gasteiger partial charge is 0.338 e. The zero-order valence-corrected chi connectivity index (χ0v) is 14.5. The Morgan fingerprint density at radius 3 is 2.24 bits per heavy atom. The number of rotatable bonds is 5. The molecular weight excluding hydrogens is 316 g/mol. The zero-order chi connectivity index (χ0) is 17.9. The first-order valence-corrected chi connectivity index (χ1v) is 8.46. The lowest BCUT2D eigenvalue weighted by Gasteiger charge is -2.18. The van der Waals surface area contributed by atoms with Gasteiger partial charge in [-0.1, -0.05) is 29.8 Å². The lowest BCUT2D eigenvalue weighted by atomic mass is 10.0. The highest BCUT2D eigenvalue weighted by molar-refractivity contribution is 5.92. The molecule has 5 heteroatoms. The summed E-state index contributed by atoms with van der Waals surface area (Å²) in [6, 6.07) is 14.7. The minimum atomic E-state index is -0.366. The van der Waals surface area contributed by atoms with Crippen molar-refractivity contribution in [2.75, 3.05) is 11.9 Å². The quantitative estimate of drug-likeness (QED) is 0.810. The van der Waals surface area contributed by atoms with Crippen molar-refractivity contribution in [2.45, 2.75) is 32.2 Å². The summed E-state index contributed by atoms with van der Waals surface area (Å²) in [6.07, 6.45) is 1.87. The van der Waals surface area contributed by atoms with Crippen LogP contribution in [0.1, 0.15) is 41.3 Å². The van der Waals surface area contributed by atoms with E-state index < -0.39 is 0 Å². The summed E-state index contributed by atoms with van der Waals surface area (Å²) in [5.41, 5.74) is 3.16. The number of anilines is 1. The topological polar surface area (TPSA) is 67.4 Å². The summed E-state index contributed by atoms with van der Waals surface area (Å²) in [7, 11) is 0. The molecule has 0 atom stereocenters. The van der Waals surface area contributed by atoms with E-state index in [9.17, 15) is 9.59 Å². The van der Waals surface area contributed by atoms with Crippen LogP contribution in [0.4, 0.5) is 10.5 Å². The first kappa shape index (κ1) is 17.0. The van der Waals surface area contributed by atoms with Gasteiger partial charge in [-0.2, -0.15) is 0 Å². The molecule has 1 aliphatic carbocycles. The Morgan fingerprint density at radius 2 is 1.68 bits per heavy atom. The monoisotopic (exact) mass is 338 g/mol. The van der Waals surface area contributed by atoms with Gasteiger partial charge >= 0.3 is 12.0 Å². The fourth-order valence-electron chi connectivity index (χ4n) is 2.77. The molecule has 2 aromatic rings. The molecule has 2 N–H and O–H groups in total. The van der Waals surface area contributed by atoms with Gasteiger partial charge in [0.2, 0.25) is 0 Å². The van der Waals surface area contributed by atoms with Crippen LogP contribution in [0.3, 0.4) is 0 Å². The van der Waals surface area contributed by atoms with E-state index in [0.29, 0.717) is 17.9 Å². The third kappa shape index (κ3) is 3.99. The molecule has 2 amide bonds. The lowest BCUT2D eigenvalue weighted by molar-refractivity contribution is 0.0526. The van der Waals surface area contributed by atoms with Gasteiger partial charge in [0.1, 0.15) is 0 Å². The number of nitrogens with one attached hydrogen (secondary N) is 2. The third-order valence-electron chi connectivity index (χ3n) is 4.36. The van der Waals surface area contributed by atoms with Crippen LogP contribution < -0.4 is 10.6 Å². The average Bonchev–Trinajstić information content (AvgIpc) is 3.36. The van der Waals surface area contributed by atoms with Crippen molar-refractivity contribution in [3.8, 4) is 0 Å². The Kier molecular flexibility index (Phi) is 4.74. The molecule has 0 spiro atoms. The fourth-order valence-corrected chi connectivity index (χ4v) is 2.77. The van der Waals surface area contributed by atoms with Gasteiger partial charge in [-0.05, 0) is 56.5 Å². The van der Waals surface area contributed by atoms with Crippen LogP contribution >= 0.6 is 0 Å². The highest BCUT2D eigenvalue weighted by Crippen LogP contribution is 2.45. The Bertz CT molecular complexity index is 763. The van der Waals surface area contributed by atoms with Crippen LogP contribution in [0, 0.1) is 6.92 Å². The fraction of sp³-hybridized carbons (Fsp3) is 0.300. The second-order valence-electron chi connectivity index (χ2n) is 6.33. The van der Waals surface area contributed by atoms with Crippen molar-refractivity contribution in [1.29, 1.82) is 0 Å². The van der Waals surface area contributed by atoms with E-state index in [-0.39, 0.29) is 17.5 Å². The maximum atomic E-state index is 12.3. The van der Waals surface area contributed by atoms with Gasteiger partial charge in [-0.25, -0.2) is 9.59 Å². The number of amides is 2. The SMILES string of the molecule is CCOC(=O)c1ccc(NC(=O)NC2(c3ccc(C)cc3)CC2)cc1. The number of hydrogen-bond acceptors (Lipinski definition) is 3. The number of esters is 1. The number of carbonyl (C=O) groups excluding carboxylic acids is 2. The number of urea groups is 1. The molecule has 0 aromatic heterocycles. The lowest BCUT2D eigenvalue weighted by Crippen LogP contribution is -2.38. The van der Waals surface area contributed by atoms with Gasteiger partial charge in [0.25, 0.3) is 0 Å². The van der Waals surface area contributed by atoms with E-state index in [1.165, 1.54) is 5.56 Å². The molecule has 3 rings (SSSR count). The number of benzene rings is 2. The molecule has 5 nitrogen and oxygen atoms in total. The maximum Gasteiger partial charge on any atom is 0.338 e. The van der Waals surface area contributed by atoms with Crippen LogP contribution in [0.25, 0.3) is 0 Å². The Hall–Kier alpha value is -2.82. The van der Waals surface area contributed by atoms with E-state index in [1.54, 1.807) is 31.2 Å². The minimum Gasteiger partial charge on any atom is -0.462 e. The van der Waals surface area contributed by atoms with Crippen LogP contribution in [-0.4, -0.2) is 18.6 Å². The Labute approximate surface area is 147 Å². The zero-order valence-electron chi connectivity index (χ0n) is 14.5. The molecule has 0 aliphatic heterocycles. The predicted molar refractivity (Wildman–Crippen MR) is 96.6 cm³/mol. The molecule has 0 radical (unpaired) electrons. The summed E-state index contributed by atoms with van der Waals surface area (Å²) in [5, 5.41) is 5.88. The van der Waals surface area contributed by atoms with E-state index in [2.05, 4.69) is 34.9 Å². The number of aryl methyl sites for hydroxylation is 1. The summed E-state index contributed by atoms with van der Waals surface area (Å²) < 4.78 is 4.94. The van der Waals surface area contributed by atoms with Crippen molar-refractivity contribution < 1.29 is 14.3 Å². The molecule has 0 unspecified atom stereocenters. The molecule has 1 saturated carbocycles. The number of carbonyl (C=O) groups is 2. The van der Waals surface area contributed by atoms with Gasteiger partial charge in [0.05, 0.1) is 17.7 Å². The van der Waals surface area contributed by atoms with E-state index >= 15 is 0 Å². The van der Waals surface area contributed by atoms with E-state index in [4.69, 9.17) is 4.74 Å². The van der Waals surface area contributed by atoms with Crippen molar-refractivity contribution in [3.63, 3.8) is 0 Å².